The quantitative estimate of drug-likeness (QED) is 0.576. The highest BCUT2D eigenvalue weighted by molar-refractivity contribution is 7.89. The Bertz CT molecular complexity index is 1150. The molecule has 33 heavy (non-hydrogen) atoms. The predicted molar refractivity (Wildman–Crippen MR) is 120 cm³/mol. The number of hydrogen-bond acceptors (Lipinski definition) is 9. The van der Waals surface area contributed by atoms with Crippen molar-refractivity contribution in [2.75, 3.05) is 45.3 Å². The number of ether oxygens (including phenoxy) is 3. The van der Waals surface area contributed by atoms with Crippen LogP contribution in [0.3, 0.4) is 0 Å². The summed E-state index contributed by atoms with van der Waals surface area (Å²) in [6, 6.07) is 5.30. The number of methoxy groups -OCH3 is 1. The van der Waals surface area contributed by atoms with Gasteiger partial charge in [-0.1, -0.05) is 0 Å². The number of benzene rings is 1. The van der Waals surface area contributed by atoms with E-state index in [2.05, 4.69) is 5.32 Å². The van der Waals surface area contributed by atoms with Gasteiger partial charge in [0.15, 0.2) is 6.61 Å². The number of hydrogen-bond donors (Lipinski definition) is 1. The van der Waals surface area contributed by atoms with Gasteiger partial charge in [-0.05, 0) is 43.7 Å². The van der Waals surface area contributed by atoms with Crippen molar-refractivity contribution in [3.05, 3.63) is 45.8 Å². The second-order valence-corrected chi connectivity index (χ2v) is 10.3. The Hall–Kier alpha value is -2.80. The van der Waals surface area contributed by atoms with E-state index < -0.39 is 34.5 Å². The number of thiophene rings is 1. The predicted octanol–water partition coefficient (Wildman–Crippen LogP) is 1.97. The Balaban J connectivity index is 1.60. The molecule has 1 amide bonds. The molecule has 2 heterocycles. The zero-order valence-electron chi connectivity index (χ0n) is 18.4. The molecule has 12 heteroatoms. The van der Waals surface area contributed by atoms with Gasteiger partial charge in [0, 0.05) is 18.0 Å². The normalized spacial score (nSPS) is 14.5. The van der Waals surface area contributed by atoms with Gasteiger partial charge in [-0.25, -0.2) is 18.0 Å². The second kappa shape index (κ2) is 10.4. The third-order valence-electron chi connectivity index (χ3n) is 5.06. The zero-order valence-corrected chi connectivity index (χ0v) is 20.0. The number of nitrogens with one attached hydrogen (secondary N) is 1. The molecular weight excluding hydrogens is 472 g/mol. The van der Waals surface area contributed by atoms with Crippen molar-refractivity contribution in [3.63, 3.8) is 0 Å². The van der Waals surface area contributed by atoms with Crippen LogP contribution in [0.25, 0.3) is 0 Å². The van der Waals surface area contributed by atoms with Gasteiger partial charge in [0.25, 0.3) is 5.91 Å². The molecule has 10 nitrogen and oxygen atoms in total. The van der Waals surface area contributed by atoms with E-state index in [1.165, 1.54) is 47.0 Å². The first kappa shape index (κ1) is 24.8. The molecule has 2 aromatic rings. The molecule has 0 unspecified atom stereocenters. The first-order chi connectivity index (χ1) is 15.6. The standard InChI is InChI=1S/C21H24N2O8S2/c1-13-14(2)32-19(18(13)21(26)29-3)22-17(24)12-31-20(25)15-4-6-16(7-5-15)33(27,28)23-8-10-30-11-9-23/h4-7H,8-12H2,1-3H3,(H,22,24). The molecule has 0 bridgehead atoms. The van der Waals surface area contributed by atoms with E-state index in [9.17, 15) is 22.8 Å². The number of carbonyl (C=O) groups is 3. The van der Waals surface area contributed by atoms with E-state index in [-0.39, 0.29) is 29.1 Å². The molecule has 1 N–H and O–H groups in total. The van der Waals surface area contributed by atoms with Crippen LogP contribution in [-0.2, 0) is 29.0 Å². The van der Waals surface area contributed by atoms with Crippen molar-refractivity contribution in [3.8, 4) is 0 Å². The Morgan fingerprint density at radius 2 is 1.73 bits per heavy atom. The first-order valence-corrected chi connectivity index (χ1v) is 12.2. The average Bonchev–Trinajstić information content (AvgIpc) is 3.10. The van der Waals surface area contributed by atoms with E-state index >= 15 is 0 Å². The van der Waals surface area contributed by atoms with Crippen LogP contribution in [0, 0.1) is 13.8 Å². The van der Waals surface area contributed by atoms with Crippen molar-refractivity contribution < 1.29 is 37.0 Å². The van der Waals surface area contributed by atoms with Crippen LogP contribution in [0.2, 0.25) is 0 Å². The summed E-state index contributed by atoms with van der Waals surface area (Å²) in [5.74, 6) is -1.98. The van der Waals surface area contributed by atoms with Crippen LogP contribution in [0.5, 0.6) is 0 Å². The largest absolute Gasteiger partial charge is 0.465 e. The summed E-state index contributed by atoms with van der Waals surface area (Å²) in [5.41, 5.74) is 1.06. The summed E-state index contributed by atoms with van der Waals surface area (Å²) < 4.78 is 41.6. The van der Waals surface area contributed by atoms with Gasteiger partial charge in [-0.15, -0.1) is 11.3 Å². The molecule has 1 aliphatic rings. The lowest BCUT2D eigenvalue weighted by atomic mass is 10.1. The Morgan fingerprint density at radius 1 is 1.09 bits per heavy atom. The Labute approximate surface area is 195 Å². The number of nitrogens with zero attached hydrogens (tertiary/aromatic N) is 1. The van der Waals surface area contributed by atoms with E-state index in [1.54, 1.807) is 6.92 Å². The molecule has 0 atom stereocenters. The van der Waals surface area contributed by atoms with Crippen molar-refractivity contribution in [1.82, 2.24) is 4.31 Å². The van der Waals surface area contributed by atoms with Crippen LogP contribution >= 0.6 is 11.3 Å². The molecule has 1 aromatic heterocycles. The van der Waals surface area contributed by atoms with Crippen molar-refractivity contribution in [2.24, 2.45) is 0 Å². The van der Waals surface area contributed by atoms with Crippen LogP contribution in [0.1, 0.15) is 31.2 Å². The van der Waals surface area contributed by atoms with Crippen molar-refractivity contribution in [2.45, 2.75) is 18.7 Å². The van der Waals surface area contributed by atoms with Crippen LogP contribution in [0.4, 0.5) is 5.00 Å². The topological polar surface area (TPSA) is 128 Å². The van der Waals surface area contributed by atoms with Crippen LogP contribution in [0.15, 0.2) is 29.2 Å². The Kier molecular flexibility index (Phi) is 7.84. The lowest BCUT2D eigenvalue weighted by Crippen LogP contribution is -2.40. The van der Waals surface area contributed by atoms with Crippen LogP contribution in [-0.4, -0.2) is 70.6 Å². The van der Waals surface area contributed by atoms with Gasteiger partial charge in [-0.2, -0.15) is 4.31 Å². The summed E-state index contributed by atoms with van der Waals surface area (Å²) in [6.07, 6.45) is 0. The minimum absolute atomic E-state index is 0.0532. The summed E-state index contributed by atoms with van der Waals surface area (Å²) in [4.78, 5) is 37.4. The van der Waals surface area contributed by atoms with Crippen molar-refractivity contribution in [1.29, 1.82) is 0 Å². The summed E-state index contributed by atoms with van der Waals surface area (Å²) in [6.45, 7) is 4.17. The maximum absolute atomic E-state index is 12.6. The number of rotatable bonds is 7. The van der Waals surface area contributed by atoms with Gasteiger partial charge < -0.3 is 19.5 Å². The van der Waals surface area contributed by atoms with Gasteiger partial charge >= 0.3 is 11.9 Å². The van der Waals surface area contributed by atoms with Crippen LogP contribution < -0.4 is 5.32 Å². The molecule has 0 spiro atoms. The molecule has 0 aliphatic carbocycles. The monoisotopic (exact) mass is 496 g/mol. The highest BCUT2D eigenvalue weighted by Crippen LogP contribution is 2.32. The fourth-order valence-corrected chi connectivity index (χ4v) is 5.61. The summed E-state index contributed by atoms with van der Waals surface area (Å²) in [5, 5.41) is 2.88. The first-order valence-electron chi connectivity index (χ1n) is 9.98. The lowest BCUT2D eigenvalue weighted by molar-refractivity contribution is -0.119. The number of amides is 1. The van der Waals surface area contributed by atoms with E-state index in [0.717, 1.165) is 4.88 Å². The molecule has 1 fully saturated rings. The van der Waals surface area contributed by atoms with Gasteiger partial charge in [0.1, 0.15) is 5.00 Å². The third-order valence-corrected chi connectivity index (χ3v) is 8.10. The average molecular weight is 497 g/mol. The zero-order chi connectivity index (χ0) is 24.2. The number of sulfonamides is 1. The summed E-state index contributed by atoms with van der Waals surface area (Å²) >= 11 is 1.22. The van der Waals surface area contributed by atoms with Gasteiger partial charge in [-0.3, -0.25) is 4.79 Å². The fraction of sp³-hybridized carbons (Fsp3) is 0.381. The molecule has 178 valence electrons. The van der Waals surface area contributed by atoms with E-state index in [4.69, 9.17) is 14.2 Å². The SMILES string of the molecule is COC(=O)c1c(NC(=O)COC(=O)c2ccc(S(=O)(=O)N3CCOCC3)cc2)sc(C)c1C. The number of carbonyl (C=O) groups excluding carboxylic acids is 3. The van der Waals surface area contributed by atoms with E-state index in [0.29, 0.717) is 23.8 Å². The highest BCUT2D eigenvalue weighted by Gasteiger charge is 2.26. The maximum atomic E-state index is 12.6. The Morgan fingerprint density at radius 3 is 2.33 bits per heavy atom. The maximum Gasteiger partial charge on any atom is 0.341 e. The molecular formula is C21H24N2O8S2. The minimum Gasteiger partial charge on any atom is -0.465 e. The van der Waals surface area contributed by atoms with Gasteiger partial charge in [0.05, 0.1) is 36.3 Å². The lowest BCUT2D eigenvalue weighted by Gasteiger charge is -2.26. The summed E-state index contributed by atoms with van der Waals surface area (Å²) in [7, 11) is -2.43. The van der Waals surface area contributed by atoms with Crippen molar-refractivity contribution >= 4 is 44.2 Å². The van der Waals surface area contributed by atoms with Gasteiger partial charge in [0.2, 0.25) is 10.0 Å². The number of anilines is 1. The molecule has 0 radical (unpaired) electrons. The number of esters is 2. The molecule has 1 aliphatic heterocycles. The fourth-order valence-electron chi connectivity index (χ4n) is 3.14. The molecule has 3 rings (SSSR count). The second-order valence-electron chi connectivity index (χ2n) is 7.14. The molecule has 1 saturated heterocycles. The van der Waals surface area contributed by atoms with E-state index in [1.807, 2.05) is 6.92 Å². The third kappa shape index (κ3) is 5.58. The smallest absolute Gasteiger partial charge is 0.341 e. The number of morpholine rings is 1. The molecule has 1 aromatic carbocycles. The highest BCUT2D eigenvalue weighted by atomic mass is 32.2. The minimum atomic E-state index is -3.68. The molecule has 0 saturated carbocycles. The number of aryl methyl sites for hydroxylation is 1.